The van der Waals surface area contributed by atoms with Gasteiger partial charge in [-0.15, -0.1) is 0 Å². The minimum atomic E-state index is -3.59. The van der Waals surface area contributed by atoms with Crippen LogP contribution in [0.5, 0.6) is 0 Å². The van der Waals surface area contributed by atoms with E-state index in [9.17, 15) is 13.2 Å². The van der Waals surface area contributed by atoms with Gasteiger partial charge in [0.1, 0.15) is 0 Å². The zero-order valence-corrected chi connectivity index (χ0v) is 15.9. The van der Waals surface area contributed by atoms with E-state index in [1.54, 1.807) is 32.0 Å². The Bertz CT molecular complexity index is 728. The Balaban J connectivity index is 1.84. The highest BCUT2D eigenvalue weighted by molar-refractivity contribution is 7.89. The lowest BCUT2D eigenvalue weighted by Gasteiger charge is -2.44. The van der Waals surface area contributed by atoms with Crippen molar-refractivity contribution < 1.29 is 13.2 Å². The zero-order valence-electron chi connectivity index (χ0n) is 15.1. The number of nitrogens with one attached hydrogen (secondary N) is 1. The molecule has 1 aliphatic heterocycles. The molecular weight excluding hydrogens is 336 g/mol. The molecule has 6 heteroatoms. The Morgan fingerprint density at radius 1 is 1.16 bits per heavy atom. The Hall–Kier alpha value is -1.40. The van der Waals surface area contributed by atoms with Crippen LogP contribution in [0.1, 0.15) is 62.7 Å². The highest BCUT2D eigenvalue weighted by Gasteiger charge is 2.36. The monoisotopic (exact) mass is 364 g/mol. The third kappa shape index (κ3) is 4.06. The molecule has 0 aromatic heterocycles. The van der Waals surface area contributed by atoms with Crippen molar-refractivity contribution in [2.75, 3.05) is 6.54 Å². The Kier molecular flexibility index (Phi) is 5.49. The summed E-state index contributed by atoms with van der Waals surface area (Å²) >= 11 is 0. The summed E-state index contributed by atoms with van der Waals surface area (Å²) in [5, 5.41) is 0. The lowest BCUT2D eigenvalue weighted by Crippen LogP contribution is -2.49. The SMILES string of the molecule is CC(C)NS(=O)(=O)c1cccc(C(=O)N2CCCC3CCCCC32)c1. The first-order valence-electron chi connectivity index (χ1n) is 9.32. The van der Waals surface area contributed by atoms with Crippen molar-refractivity contribution in [2.24, 2.45) is 5.92 Å². The molecule has 1 saturated carbocycles. The minimum Gasteiger partial charge on any atom is -0.335 e. The van der Waals surface area contributed by atoms with Gasteiger partial charge in [0, 0.05) is 24.2 Å². The first-order valence-corrected chi connectivity index (χ1v) is 10.8. The van der Waals surface area contributed by atoms with Crippen LogP contribution in [0.4, 0.5) is 0 Å². The normalized spacial score (nSPS) is 24.2. The number of hydrogen-bond acceptors (Lipinski definition) is 3. The van der Waals surface area contributed by atoms with Gasteiger partial charge in [-0.3, -0.25) is 4.79 Å². The highest BCUT2D eigenvalue weighted by Crippen LogP contribution is 2.36. The summed E-state index contributed by atoms with van der Waals surface area (Å²) in [5.74, 6) is 0.583. The molecule has 1 aromatic rings. The average Bonchev–Trinajstić information content (AvgIpc) is 2.60. The van der Waals surface area contributed by atoms with E-state index < -0.39 is 10.0 Å². The molecule has 25 heavy (non-hydrogen) atoms. The maximum atomic E-state index is 13.1. The zero-order chi connectivity index (χ0) is 18.0. The summed E-state index contributed by atoms with van der Waals surface area (Å²) in [6.07, 6.45) is 6.97. The van der Waals surface area contributed by atoms with E-state index in [1.165, 1.54) is 31.7 Å². The smallest absolute Gasteiger partial charge is 0.254 e. The van der Waals surface area contributed by atoms with Crippen LogP contribution in [-0.4, -0.2) is 37.9 Å². The van der Waals surface area contributed by atoms with Gasteiger partial charge >= 0.3 is 0 Å². The molecule has 0 bridgehead atoms. The Morgan fingerprint density at radius 3 is 2.64 bits per heavy atom. The van der Waals surface area contributed by atoms with Gasteiger partial charge in [0.25, 0.3) is 5.91 Å². The van der Waals surface area contributed by atoms with Crippen LogP contribution in [0.2, 0.25) is 0 Å². The molecule has 5 nitrogen and oxygen atoms in total. The Labute approximate surface area is 150 Å². The largest absolute Gasteiger partial charge is 0.335 e. The molecule has 2 unspecified atom stereocenters. The molecule has 2 fully saturated rings. The number of hydrogen-bond donors (Lipinski definition) is 1. The molecule has 138 valence electrons. The number of nitrogens with zero attached hydrogens (tertiary/aromatic N) is 1. The molecule has 1 aromatic carbocycles. The summed E-state index contributed by atoms with van der Waals surface area (Å²) in [6, 6.07) is 6.58. The fourth-order valence-corrected chi connectivity index (χ4v) is 5.51. The molecule has 1 amide bonds. The molecule has 1 heterocycles. The van der Waals surface area contributed by atoms with Gasteiger partial charge in [-0.2, -0.15) is 0 Å². The molecule has 3 rings (SSSR count). The summed E-state index contributed by atoms with van der Waals surface area (Å²) in [7, 11) is -3.59. The number of sulfonamides is 1. The second kappa shape index (κ2) is 7.46. The van der Waals surface area contributed by atoms with Crippen molar-refractivity contribution in [3.8, 4) is 0 Å². The molecular formula is C19H28N2O3S. The van der Waals surface area contributed by atoms with Crippen molar-refractivity contribution in [1.29, 1.82) is 0 Å². The van der Waals surface area contributed by atoms with Crippen molar-refractivity contribution in [3.05, 3.63) is 29.8 Å². The minimum absolute atomic E-state index is 0.0294. The molecule has 0 spiro atoms. The van der Waals surface area contributed by atoms with E-state index in [2.05, 4.69) is 4.72 Å². The Morgan fingerprint density at radius 2 is 1.88 bits per heavy atom. The number of amides is 1. The first kappa shape index (κ1) is 18.4. The number of carbonyl (C=O) groups is 1. The first-order chi connectivity index (χ1) is 11.9. The van der Waals surface area contributed by atoms with Gasteiger partial charge in [0.2, 0.25) is 10.0 Å². The van der Waals surface area contributed by atoms with Gasteiger partial charge in [0.15, 0.2) is 0 Å². The van der Waals surface area contributed by atoms with E-state index in [1.807, 2.05) is 4.90 Å². The molecule has 1 saturated heterocycles. The van der Waals surface area contributed by atoms with Gasteiger partial charge in [-0.25, -0.2) is 13.1 Å². The second-order valence-corrected chi connectivity index (χ2v) is 9.27. The number of carbonyl (C=O) groups excluding carboxylic acids is 1. The van der Waals surface area contributed by atoms with Crippen LogP contribution in [0.25, 0.3) is 0 Å². The maximum Gasteiger partial charge on any atom is 0.254 e. The number of likely N-dealkylation sites (tertiary alicyclic amines) is 1. The molecule has 2 aliphatic rings. The van der Waals surface area contributed by atoms with Gasteiger partial charge in [-0.1, -0.05) is 18.9 Å². The third-order valence-corrected chi connectivity index (χ3v) is 6.94. The number of rotatable bonds is 4. The van der Waals surface area contributed by atoms with Gasteiger partial charge in [-0.05, 0) is 63.6 Å². The third-order valence-electron chi connectivity index (χ3n) is 5.29. The van der Waals surface area contributed by atoms with Crippen LogP contribution in [0.15, 0.2) is 29.2 Å². The van der Waals surface area contributed by atoms with Crippen molar-refractivity contribution >= 4 is 15.9 Å². The number of benzene rings is 1. The topological polar surface area (TPSA) is 66.5 Å². The lowest BCUT2D eigenvalue weighted by atomic mass is 9.78. The van der Waals surface area contributed by atoms with Crippen molar-refractivity contribution in [3.63, 3.8) is 0 Å². The fourth-order valence-electron chi connectivity index (χ4n) is 4.22. The van der Waals surface area contributed by atoms with Crippen LogP contribution in [0, 0.1) is 5.92 Å². The summed E-state index contributed by atoms with van der Waals surface area (Å²) in [5.41, 5.74) is 0.470. The van der Waals surface area contributed by atoms with Crippen LogP contribution in [-0.2, 0) is 10.0 Å². The standard InChI is InChI=1S/C19H28N2O3S/c1-14(2)20-25(23,24)17-10-5-8-16(13-17)19(22)21-12-6-9-15-7-3-4-11-18(15)21/h5,8,10,13-15,18,20H,3-4,6-7,9,11-12H2,1-2H3. The van der Waals surface area contributed by atoms with Gasteiger partial charge in [0.05, 0.1) is 4.90 Å². The molecule has 0 radical (unpaired) electrons. The maximum absolute atomic E-state index is 13.1. The predicted octanol–water partition coefficient (Wildman–Crippen LogP) is 3.17. The number of fused-ring (bicyclic) bond motifs is 1. The van der Waals surface area contributed by atoms with Crippen LogP contribution in [0.3, 0.4) is 0 Å². The quantitative estimate of drug-likeness (QED) is 0.892. The van der Waals surface area contributed by atoms with E-state index in [0.717, 1.165) is 19.4 Å². The van der Waals surface area contributed by atoms with Gasteiger partial charge < -0.3 is 4.90 Å². The predicted molar refractivity (Wildman–Crippen MR) is 97.9 cm³/mol. The summed E-state index contributed by atoms with van der Waals surface area (Å²) in [6.45, 7) is 4.34. The number of piperidine rings is 1. The lowest BCUT2D eigenvalue weighted by molar-refractivity contribution is 0.0390. The fraction of sp³-hybridized carbons (Fsp3) is 0.632. The second-order valence-electron chi connectivity index (χ2n) is 7.56. The molecule has 2 atom stereocenters. The average molecular weight is 365 g/mol. The van der Waals surface area contributed by atoms with E-state index in [0.29, 0.717) is 17.5 Å². The van der Waals surface area contributed by atoms with Crippen LogP contribution >= 0.6 is 0 Å². The van der Waals surface area contributed by atoms with E-state index in [4.69, 9.17) is 0 Å². The highest BCUT2D eigenvalue weighted by atomic mass is 32.2. The summed E-state index contributed by atoms with van der Waals surface area (Å²) in [4.78, 5) is 15.2. The molecule has 1 aliphatic carbocycles. The van der Waals surface area contributed by atoms with Crippen LogP contribution < -0.4 is 4.72 Å². The van der Waals surface area contributed by atoms with E-state index in [-0.39, 0.29) is 16.8 Å². The van der Waals surface area contributed by atoms with Crippen molar-refractivity contribution in [2.45, 2.75) is 69.4 Å². The molecule has 1 N–H and O–H groups in total. The van der Waals surface area contributed by atoms with Crippen molar-refractivity contribution in [1.82, 2.24) is 9.62 Å². The van der Waals surface area contributed by atoms with E-state index >= 15 is 0 Å². The summed E-state index contributed by atoms with van der Waals surface area (Å²) < 4.78 is 27.3.